The molecule has 0 saturated heterocycles. The number of anilines is 2. The molecule has 0 unspecified atom stereocenters. The van der Waals surface area contributed by atoms with Crippen LogP contribution in [0.3, 0.4) is 0 Å². The normalized spacial score (nSPS) is 10.1. The van der Waals surface area contributed by atoms with E-state index in [9.17, 15) is 8.78 Å². The Bertz CT molecular complexity index is 325. The van der Waals surface area contributed by atoms with E-state index < -0.39 is 6.43 Å². The van der Waals surface area contributed by atoms with Crippen molar-refractivity contribution in [1.29, 1.82) is 0 Å². The van der Waals surface area contributed by atoms with Gasteiger partial charge in [-0.25, -0.2) is 13.8 Å². The highest BCUT2D eigenvalue weighted by Crippen LogP contribution is 2.17. The first-order chi connectivity index (χ1) is 7.86. The lowest BCUT2D eigenvalue weighted by atomic mass is 10.0. The van der Waals surface area contributed by atoms with E-state index in [2.05, 4.69) is 30.2 Å². The third kappa shape index (κ3) is 7.49. The van der Waals surface area contributed by atoms with Gasteiger partial charge in [0.25, 0.3) is 0 Å². The molecule has 1 heterocycles. The van der Waals surface area contributed by atoms with Gasteiger partial charge in [0.05, 0.1) is 11.9 Å². The van der Waals surface area contributed by atoms with E-state index in [0.717, 1.165) is 24.6 Å². The van der Waals surface area contributed by atoms with Gasteiger partial charge in [-0.3, -0.25) is 0 Å². The number of pyridine rings is 1. The van der Waals surface area contributed by atoms with Crippen molar-refractivity contribution in [2.75, 3.05) is 18.1 Å². The zero-order valence-electron chi connectivity index (χ0n) is 10.8. The topological polar surface area (TPSA) is 50.9 Å². The van der Waals surface area contributed by atoms with Crippen LogP contribution < -0.4 is 11.1 Å². The van der Waals surface area contributed by atoms with Gasteiger partial charge in [0.2, 0.25) is 6.43 Å². The Balaban J connectivity index is 0.000000557. The minimum atomic E-state index is -2.17. The molecule has 17 heavy (non-hydrogen) atoms. The van der Waals surface area contributed by atoms with E-state index >= 15 is 0 Å². The van der Waals surface area contributed by atoms with Gasteiger partial charge in [-0.15, -0.1) is 0 Å². The molecule has 0 aromatic carbocycles. The predicted molar refractivity (Wildman–Crippen MR) is 68.4 cm³/mol. The fourth-order valence-electron chi connectivity index (χ4n) is 1.26. The molecule has 0 saturated carbocycles. The summed E-state index contributed by atoms with van der Waals surface area (Å²) in [6.45, 7) is 5.18. The molecule has 1 aromatic heterocycles. The summed E-state index contributed by atoms with van der Waals surface area (Å²) in [6.07, 6.45) is 0.563. The van der Waals surface area contributed by atoms with Gasteiger partial charge < -0.3 is 11.1 Å². The lowest BCUT2D eigenvalue weighted by molar-refractivity contribution is 0.171. The fraction of sp³-hybridized carbons (Fsp3) is 0.583. The lowest BCUT2D eigenvalue weighted by Crippen LogP contribution is -2.03. The smallest absolute Gasteiger partial charge is 0.235 e. The van der Waals surface area contributed by atoms with Crippen molar-refractivity contribution < 1.29 is 8.78 Å². The Labute approximate surface area is 101 Å². The zero-order chi connectivity index (χ0) is 13.4. The van der Waals surface area contributed by atoms with Gasteiger partial charge in [-0.05, 0) is 30.9 Å². The molecular weight excluding hydrogens is 224 g/mol. The maximum absolute atomic E-state index is 10.3. The van der Waals surface area contributed by atoms with E-state index in [1.807, 2.05) is 7.05 Å². The number of nitrogen functional groups attached to an aromatic ring is 1. The molecule has 0 atom stereocenters. The summed E-state index contributed by atoms with van der Waals surface area (Å²) in [4.78, 5) is 4.12. The van der Waals surface area contributed by atoms with Crippen LogP contribution in [0.2, 0.25) is 0 Å². The van der Waals surface area contributed by atoms with Crippen LogP contribution in [0.5, 0.6) is 0 Å². The molecule has 0 aliphatic carbocycles. The van der Waals surface area contributed by atoms with Crippen molar-refractivity contribution >= 4 is 11.5 Å². The minimum Gasteiger partial charge on any atom is -0.387 e. The van der Waals surface area contributed by atoms with Crippen molar-refractivity contribution in [3.63, 3.8) is 0 Å². The number of alkyl halides is 2. The molecular formula is C12H21F2N3. The summed E-state index contributed by atoms with van der Waals surface area (Å²) in [5.74, 6) is 1.25. The van der Waals surface area contributed by atoms with Gasteiger partial charge in [0.15, 0.2) is 0 Å². The third-order valence-corrected chi connectivity index (χ3v) is 1.92. The van der Waals surface area contributed by atoms with E-state index in [0.29, 0.717) is 11.7 Å². The number of nitrogens with zero attached hydrogens (tertiary/aromatic N) is 1. The Morgan fingerprint density at radius 3 is 2.29 bits per heavy atom. The lowest BCUT2D eigenvalue weighted by Gasteiger charge is -2.09. The van der Waals surface area contributed by atoms with Crippen molar-refractivity contribution in [1.82, 2.24) is 4.98 Å². The number of aromatic nitrogens is 1. The summed E-state index contributed by atoms with van der Waals surface area (Å²) in [5, 5.41) is 3.05. The van der Waals surface area contributed by atoms with Crippen molar-refractivity contribution in [2.45, 2.75) is 33.6 Å². The molecule has 0 aliphatic heterocycles. The molecule has 0 fully saturated rings. The Hall–Kier alpha value is -1.39. The SMILES string of the molecule is CC(F)F.CNc1cnc(N)c(CC(C)C)c1. The number of hydrogen-bond donors (Lipinski definition) is 2. The summed E-state index contributed by atoms with van der Waals surface area (Å²) in [5.41, 5.74) is 7.90. The molecule has 3 nitrogen and oxygen atoms in total. The summed E-state index contributed by atoms with van der Waals surface area (Å²) in [6, 6.07) is 2.06. The number of nitrogens with two attached hydrogens (primary N) is 1. The molecule has 1 rings (SSSR count). The molecule has 0 bridgehead atoms. The molecule has 5 heteroatoms. The minimum absolute atomic E-state index is 0.608. The number of halogens is 2. The second-order valence-electron chi connectivity index (χ2n) is 4.14. The maximum Gasteiger partial charge on any atom is 0.235 e. The molecule has 98 valence electrons. The first-order valence-electron chi connectivity index (χ1n) is 5.57. The van der Waals surface area contributed by atoms with Crippen LogP contribution in [0.1, 0.15) is 26.3 Å². The number of hydrogen-bond acceptors (Lipinski definition) is 3. The second kappa shape index (κ2) is 7.81. The summed E-state index contributed by atoms with van der Waals surface area (Å²) in [7, 11) is 1.88. The maximum atomic E-state index is 10.3. The molecule has 3 N–H and O–H groups in total. The quantitative estimate of drug-likeness (QED) is 0.860. The van der Waals surface area contributed by atoms with Gasteiger partial charge in [-0.1, -0.05) is 13.8 Å². The van der Waals surface area contributed by atoms with Gasteiger partial charge in [0, 0.05) is 7.05 Å². The average Bonchev–Trinajstić information content (AvgIpc) is 2.20. The van der Waals surface area contributed by atoms with E-state index in [4.69, 9.17) is 5.73 Å². The van der Waals surface area contributed by atoms with E-state index in [-0.39, 0.29) is 0 Å². The largest absolute Gasteiger partial charge is 0.387 e. The number of rotatable bonds is 3. The van der Waals surface area contributed by atoms with E-state index in [1.54, 1.807) is 6.20 Å². The Kier molecular flexibility index (Phi) is 7.18. The van der Waals surface area contributed by atoms with E-state index in [1.165, 1.54) is 0 Å². The van der Waals surface area contributed by atoms with Gasteiger partial charge in [0.1, 0.15) is 5.82 Å². The molecule has 0 spiro atoms. The van der Waals surface area contributed by atoms with Crippen molar-refractivity contribution in [3.8, 4) is 0 Å². The second-order valence-corrected chi connectivity index (χ2v) is 4.14. The molecule has 1 aromatic rings. The fourth-order valence-corrected chi connectivity index (χ4v) is 1.26. The Morgan fingerprint density at radius 2 is 1.88 bits per heavy atom. The summed E-state index contributed by atoms with van der Waals surface area (Å²) < 4.78 is 20.7. The van der Waals surface area contributed by atoms with Gasteiger partial charge in [-0.2, -0.15) is 0 Å². The molecule has 0 radical (unpaired) electrons. The average molecular weight is 245 g/mol. The zero-order valence-corrected chi connectivity index (χ0v) is 10.8. The first kappa shape index (κ1) is 15.6. The third-order valence-electron chi connectivity index (χ3n) is 1.92. The molecule has 0 amide bonds. The van der Waals surface area contributed by atoms with Gasteiger partial charge >= 0.3 is 0 Å². The highest BCUT2D eigenvalue weighted by molar-refractivity contribution is 5.51. The monoisotopic (exact) mass is 245 g/mol. The first-order valence-corrected chi connectivity index (χ1v) is 5.57. The highest BCUT2D eigenvalue weighted by Gasteiger charge is 2.04. The number of nitrogens with one attached hydrogen (secondary N) is 1. The van der Waals surface area contributed by atoms with Crippen molar-refractivity contribution in [2.24, 2.45) is 5.92 Å². The van der Waals surface area contributed by atoms with Crippen LogP contribution in [0.15, 0.2) is 12.3 Å². The van der Waals surface area contributed by atoms with Crippen LogP contribution >= 0.6 is 0 Å². The summed E-state index contributed by atoms with van der Waals surface area (Å²) >= 11 is 0. The van der Waals surface area contributed by atoms with Crippen LogP contribution in [0.4, 0.5) is 20.3 Å². The van der Waals surface area contributed by atoms with Crippen LogP contribution in [-0.2, 0) is 6.42 Å². The standard InChI is InChI=1S/C10H17N3.C2H4F2/c1-7(2)4-8-5-9(12-3)6-13-10(8)11;1-2(3)4/h5-7,12H,4H2,1-3H3,(H2,11,13);2H,1H3. The van der Waals surface area contributed by atoms with Crippen LogP contribution in [0.25, 0.3) is 0 Å². The van der Waals surface area contributed by atoms with Crippen molar-refractivity contribution in [3.05, 3.63) is 17.8 Å². The van der Waals surface area contributed by atoms with Crippen LogP contribution in [-0.4, -0.2) is 18.5 Å². The predicted octanol–water partition coefficient (Wildman–Crippen LogP) is 3.18. The highest BCUT2D eigenvalue weighted by atomic mass is 19.3. The van der Waals surface area contributed by atoms with Crippen LogP contribution in [0, 0.1) is 5.92 Å². The molecule has 0 aliphatic rings. The Morgan fingerprint density at radius 1 is 1.35 bits per heavy atom.